The van der Waals surface area contributed by atoms with E-state index >= 15 is 0 Å². The minimum absolute atomic E-state index is 0.244. The SMILES string of the molecule is CC(C)(C)OC(=O)N1Cc2ccncc2C(O)C1. The van der Waals surface area contributed by atoms with Crippen molar-refractivity contribution >= 4 is 6.09 Å². The molecule has 1 amide bonds. The van der Waals surface area contributed by atoms with Gasteiger partial charge in [0, 0.05) is 24.5 Å². The summed E-state index contributed by atoms with van der Waals surface area (Å²) in [5.74, 6) is 0. The van der Waals surface area contributed by atoms with Crippen LogP contribution in [0.25, 0.3) is 0 Å². The predicted molar refractivity (Wildman–Crippen MR) is 65.8 cm³/mol. The van der Waals surface area contributed by atoms with Gasteiger partial charge in [0.05, 0.1) is 12.6 Å². The van der Waals surface area contributed by atoms with Crippen molar-refractivity contribution in [3.63, 3.8) is 0 Å². The number of rotatable bonds is 0. The Balaban J connectivity index is 2.13. The number of ether oxygens (including phenoxy) is 1. The molecule has 1 N–H and O–H groups in total. The highest BCUT2D eigenvalue weighted by atomic mass is 16.6. The van der Waals surface area contributed by atoms with Crippen molar-refractivity contribution in [2.75, 3.05) is 6.54 Å². The Morgan fingerprint density at radius 3 is 2.94 bits per heavy atom. The Kier molecular flexibility index (Phi) is 3.26. The number of hydrogen-bond donors (Lipinski definition) is 1. The summed E-state index contributed by atoms with van der Waals surface area (Å²) in [6.07, 6.45) is 2.20. The number of aromatic nitrogens is 1. The summed E-state index contributed by atoms with van der Waals surface area (Å²) >= 11 is 0. The number of β-amino-alcohol motifs (C(OH)–C–C–N with tert-alkyl or cyclic N) is 1. The number of aliphatic hydroxyl groups is 1. The first-order valence-electron chi connectivity index (χ1n) is 5.95. The van der Waals surface area contributed by atoms with Gasteiger partial charge in [0.2, 0.25) is 0 Å². The second kappa shape index (κ2) is 4.57. The maximum absolute atomic E-state index is 11.9. The van der Waals surface area contributed by atoms with E-state index in [4.69, 9.17) is 4.74 Å². The standard InChI is InChI=1S/C13H18N2O3/c1-13(2,3)18-12(17)15-7-9-4-5-14-6-10(9)11(16)8-15/h4-6,11,16H,7-8H2,1-3H3. The Hall–Kier alpha value is -1.62. The number of carbonyl (C=O) groups excluding carboxylic acids is 1. The van der Waals surface area contributed by atoms with Crippen LogP contribution in [-0.2, 0) is 11.3 Å². The topological polar surface area (TPSA) is 62.7 Å². The zero-order valence-corrected chi connectivity index (χ0v) is 10.9. The third-order valence-electron chi connectivity index (χ3n) is 2.71. The van der Waals surface area contributed by atoms with E-state index in [2.05, 4.69) is 4.98 Å². The molecule has 1 aliphatic rings. The maximum Gasteiger partial charge on any atom is 0.410 e. The summed E-state index contributed by atoms with van der Waals surface area (Å²) in [4.78, 5) is 17.4. The molecular formula is C13H18N2O3. The number of pyridine rings is 1. The van der Waals surface area contributed by atoms with E-state index in [9.17, 15) is 9.90 Å². The van der Waals surface area contributed by atoms with Crippen LogP contribution in [0, 0.1) is 0 Å². The van der Waals surface area contributed by atoms with E-state index in [1.54, 1.807) is 12.4 Å². The van der Waals surface area contributed by atoms with E-state index < -0.39 is 17.8 Å². The highest BCUT2D eigenvalue weighted by Gasteiger charge is 2.29. The van der Waals surface area contributed by atoms with Crippen LogP contribution in [0.4, 0.5) is 4.79 Å². The lowest BCUT2D eigenvalue weighted by Gasteiger charge is -2.33. The molecule has 0 radical (unpaired) electrons. The van der Waals surface area contributed by atoms with Gasteiger partial charge in [-0.05, 0) is 32.4 Å². The molecule has 1 aromatic heterocycles. The number of nitrogens with zero attached hydrogens (tertiary/aromatic N) is 2. The lowest BCUT2D eigenvalue weighted by molar-refractivity contribution is 0.00821. The zero-order chi connectivity index (χ0) is 13.3. The van der Waals surface area contributed by atoms with Crippen molar-refractivity contribution in [1.29, 1.82) is 0 Å². The summed E-state index contributed by atoms with van der Waals surface area (Å²) in [6, 6.07) is 1.81. The lowest BCUT2D eigenvalue weighted by atomic mass is 10.0. The molecule has 1 unspecified atom stereocenters. The maximum atomic E-state index is 11.9. The fourth-order valence-corrected chi connectivity index (χ4v) is 1.92. The highest BCUT2D eigenvalue weighted by molar-refractivity contribution is 5.68. The Bertz CT molecular complexity index is 454. The molecule has 0 aromatic carbocycles. The molecule has 98 valence electrons. The number of aliphatic hydroxyl groups excluding tert-OH is 1. The summed E-state index contributed by atoms with van der Waals surface area (Å²) < 4.78 is 5.30. The molecule has 0 spiro atoms. The van der Waals surface area contributed by atoms with Crippen LogP contribution in [0.5, 0.6) is 0 Å². The minimum atomic E-state index is -0.699. The third kappa shape index (κ3) is 2.79. The fraction of sp³-hybridized carbons (Fsp3) is 0.538. The first-order chi connectivity index (χ1) is 8.37. The van der Waals surface area contributed by atoms with Crippen LogP contribution >= 0.6 is 0 Å². The number of hydrogen-bond acceptors (Lipinski definition) is 4. The van der Waals surface area contributed by atoms with E-state index in [0.29, 0.717) is 6.54 Å². The Morgan fingerprint density at radius 1 is 1.56 bits per heavy atom. The monoisotopic (exact) mass is 250 g/mol. The van der Waals surface area contributed by atoms with Gasteiger partial charge in [-0.15, -0.1) is 0 Å². The van der Waals surface area contributed by atoms with Crippen molar-refractivity contribution in [2.24, 2.45) is 0 Å². The molecule has 1 aromatic rings. The summed E-state index contributed by atoms with van der Waals surface area (Å²) in [7, 11) is 0. The summed E-state index contributed by atoms with van der Waals surface area (Å²) in [5, 5.41) is 9.99. The van der Waals surface area contributed by atoms with Gasteiger partial charge >= 0.3 is 6.09 Å². The molecule has 5 nitrogen and oxygen atoms in total. The average molecular weight is 250 g/mol. The molecule has 1 aliphatic heterocycles. The molecule has 0 saturated heterocycles. The Labute approximate surface area is 106 Å². The second-order valence-corrected chi connectivity index (χ2v) is 5.45. The molecule has 0 bridgehead atoms. The van der Waals surface area contributed by atoms with Crippen molar-refractivity contribution < 1.29 is 14.6 Å². The minimum Gasteiger partial charge on any atom is -0.444 e. The van der Waals surface area contributed by atoms with Gasteiger partial charge in [0.15, 0.2) is 0 Å². The van der Waals surface area contributed by atoms with Crippen LogP contribution in [-0.4, -0.2) is 33.2 Å². The van der Waals surface area contributed by atoms with Crippen molar-refractivity contribution in [3.05, 3.63) is 29.6 Å². The molecule has 0 aliphatic carbocycles. The molecule has 18 heavy (non-hydrogen) atoms. The largest absolute Gasteiger partial charge is 0.444 e. The molecular weight excluding hydrogens is 232 g/mol. The van der Waals surface area contributed by atoms with Gasteiger partial charge in [-0.25, -0.2) is 4.79 Å². The first-order valence-corrected chi connectivity index (χ1v) is 5.95. The molecule has 1 atom stereocenters. The van der Waals surface area contributed by atoms with Crippen LogP contribution in [0.2, 0.25) is 0 Å². The van der Waals surface area contributed by atoms with Crippen LogP contribution in [0.1, 0.15) is 38.0 Å². The molecule has 2 heterocycles. The molecule has 0 saturated carbocycles. The van der Waals surface area contributed by atoms with E-state index in [-0.39, 0.29) is 6.54 Å². The molecule has 2 rings (SSSR count). The quantitative estimate of drug-likeness (QED) is 0.763. The number of fused-ring (bicyclic) bond motifs is 1. The van der Waals surface area contributed by atoms with Gasteiger partial charge in [-0.1, -0.05) is 0 Å². The van der Waals surface area contributed by atoms with Crippen LogP contribution < -0.4 is 0 Å². The smallest absolute Gasteiger partial charge is 0.410 e. The normalized spacial score (nSPS) is 19.3. The summed E-state index contributed by atoms with van der Waals surface area (Å²) in [5.41, 5.74) is 1.17. The van der Waals surface area contributed by atoms with E-state index in [0.717, 1.165) is 11.1 Å². The van der Waals surface area contributed by atoms with Gasteiger partial charge < -0.3 is 14.7 Å². The average Bonchev–Trinajstić information content (AvgIpc) is 2.26. The van der Waals surface area contributed by atoms with Crippen molar-refractivity contribution in [1.82, 2.24) is 9.88 Å². The zero-order valence-electron chi connectivity index (χ0n) is 10.9. The van der Waals surface area contributed by atoms with Gasteiger partial charge in [-0.3, -0.25) is 4.98 Å². The van der Waals surface area contributed by atoms with E-state index in [1.807, 2.05) is 26.8 Å². The van der Waals surface area contributed by atoms with Crippen LogP contribution in [0.3, 0.4) is 0 Å². The van der Waals surface area contributed by atoms with Gasteiger partial charge in [0.25, 0.3) is 0 Å². The highest BCUT2D eigenvalue weighted by Crippen LogP contribution is 2.26. The third-order valence-corrected chi connectivity index (χ3v) is 2.71. The number of amides is 1. The van der Waals surface area contributed by atoms with Crippen LogP contribution in [0.15, 0.2) is 18.5 Å². The van der Waals surface area contributed by atoms with Crippen molar-refractivity contribution in [2.45, 2.75) is 39.0 Å². The number of carbonyl (C=O) groups is 1. The van der Waals surface area contributed by atoms with E-state index in [1.165, 1.54) is 4.90 Å². The summed E-state index contributed by atoms with van der Waals surface area (Å²) in [6.45, 7) is 6.16. The lowest BCUT2D eigenvalue weighted by Crippen LogP contribution is -2.41. The predicted octanol–water partition coefficient (Wildman–Crippen LogP) is 1.87. The molecule has 5 heteroatoms. The van der Waals surface area contributed by atoms with Crippen molar-refractivity contribution in [3.8, 4) is 0 Å². The Morgan fingerprint density at radius 2 is 2.28 bits per heavy atom. The second-order valence-electron chi connectivity index (χ2n) is 5.45. The van der Waals surface area contributed by atoms with Gasteiger partial charge in [-0.2, -0.15) is 0 Å². The first kappa shape index (κ1) is 12.8. The fourth-order valence-electron chi connectivity index (χ4n) is 1.92. The molecule has 0 fully saturated rings. The van der Waals surface area contributed by atoms with Gasteiger partial charge in [0.1, 0.15) is 5.60 Å².